The Kier molecular flexibility index (Phi) is 5.12. The van der Waals surface area contributed by atoms with E-state index in [1.165, 1.54) is 0 Å². The van der Waals surface area contributed by atoms with Crippen molar-refractivity contribution in [1.82, 2.24) is 4.98 Å². The van der Waals surface area contributed by atoms with Gasteiger partial charge in [-0.25, -0.2) is 0 Å². The Labute approximate surface area is 168 Å². The molecule has 0 unspecified atom stereocenters. The van der Waals surface area contributed by atoms with E-state index in [9.17, 15) is 9.59 Å². The molecule has 1 N–H and O–H groups in total. The third-order valence-corrected chi connectivity index (χ3v) is 4.81. The number of anilines is 1. The molecule has 0 bridgehead atoms. The molecule has 5 heteroatoms. The number of methoxy groups -OCH3 is 1. The number of carbonyl (C=O) groups excluding carboxylic acids is 1. The second-order valence-electron chi connectivity index (χ2n) is 6.66. The summed E-state index contributed by atoms with van der Waals surface area (Å²) in [6, 6.07) is 25.6. The van der Waals surface area contributed by atoms with Crippen LogP contribution < -0.4 is 15.2 Å². The first-order chi connectivity index (χ1) is 14.2. The van der Waals surface area contributed by atoms with Crippen molar-refractivity contribution in [3.8, 4) is 5.75 Å². The number of para-hydroxylation sites is 2. The number of benzene rings is 3. The van der Waals surface area contributed by atoms with Crippen LogP contribution in [-0.4, -0.2) is 18.0 Å². The lowest BCUT2D eigenvalue weighted by Crippen LogP contribution is -2.31. The highest BCUT2D eigenvalue weighted by Crippen LogP contribution is 2.24. The fraction of sp³-hybridized carbons (Fsp3) is 0.0833. The van der Waals surface area contributed by atoms with Gasteiger partial charge in [-0.3, -0.25) is 9.59 Å². The predicted molar refractivity (Wildman–Crippen MR) is 115 cm³/mol. The minimum atomic E-state index is -0.191. The number of amides is 1. The van der Waals surface area contributed by atoms with Gasteiger partial charge in [0, 0.05) is 28.2 Å². The van der Waals surface area contributed by atoms with Crippen LogP contribution in [0.25, 0.3) is 10.9 Å². The van der Waals surface area contributed by atoms with Gasteiger partial charge in [0.05, 0.1) is 13.7 Å². The Balaban J connectivity index is 1.78. The monoisotopic (exact) mass is 384 g/mol. The molecule has 29 heavy (non-hydrogen) atoms. The summed E-state index contributed by atoms with van der Waals surface area (Å²) in [5.41, 5.74) is 2.65. The Morgan fingerprint density at radius 1 is 0.931 bits per heavy atom. The van der Waals surface area contributed by atoms with E-state index in [-0.39, 0.29) is 18.0 Å². The maximum Gasteiger partial charge on any atom is 0.258 e. The fourth-order valence-corrected chi connectivity index (χ4v) is 3.36. The highest BCUT2D eigenvalue weighted by Gasteiger charge is 2.19. The van der Waals surface area contributed by atoms with E-state index in [1.54, 1.807) is 42.3 Å². The van der Waals surface area contributed by atoms with Gasteiger partial charge in [0.1, 0.15) is 5.75 Å². The van der Waals surface area contributed by atoms with E-state index in [4.69, 9.17) is 4.74 Å². The smallest absolute Gasteiger partial charge is 0.258 e. The van der Waals surface area contributed by atoms with Crippen molar-refractivity contribution in [1.29, 1.82) is 0 Å². The van der Waals surface area contributed by atoms with Crippen molar-refractivity contribution in [2.24, 2.45) is 0 Å². The zero-order chi connectivity index (χ0) is 20.2. The number of ether oxygens (including phenoxy) is 1. The molecule has 0 atom stereocenters. The molecule has 3 aromatic carbocycles. The lowest BCUT2D eigenvalue weighted by Gasteiger charge is -2.24. The van der Waals surface area contributed by atoms with E-state index < -0.39 is 0 Å². The van der Waals surface area contributed by atoms with Gasteiger partial charge in [-0.15, -0.1) is 0 Å². The largest absolute Gasteiger partial charge is 0.497 e. The number of nitrogens with one attached hydrogen (secondary N) is 1. The van der Waals surface area contributed by atoms with Crippen molar-refractivity contribution >= 4 is 22.5 Å². The summed E-state index contributed by atoms with van der Waals surface area (Å²) in [5.74, 6) is 0.539. The number of hydrogen-bond acceptors (Lipinski definition) is 3. The van der Waals surface area contributed by atoms with Gasteiger partial charge in [-0.05, 0) is 48.0 Å². The summed E-state index contributed by atoms with van der Waals surface area (Å²) in [5, 5.41) is 0.913. The van der Waals surface area contributed by atoms with Crippen LogP contribution in [0.15, 0.2) is 89.7 Å². The van der Waals surface area contributed by atoms with Crippen molar-refractivity contribution in [2.45, 2.75) is 6.54 Å². The first kappa shape index (κ1) is 18.5. The second-order valence-corrected chi connectivity index (χ2v) is 6.66. The summed E-state index contributed by atoms with van der Waals surface area (Å²) in [4.78, 5) is 30.1. The molecule has 0 spiro atoms. The summed E-state index contributed by atoms with van der Waals surface area (Å²) >= 11 is 0. The first-order valence-electron chi connectivity index (χ1n) is 9.27. The number of fused-ring (bicyclic) bond motifs is 1. The molecule has 1 heterocycles. The summed E-state index contributed by atoms with van der Waals surface area (Å²) in [6.45, 7) is 0.277. The number of aromatic nitrogens is 1. The van der Waals surface area contributed by atoms with Crippen molar-refractivity contribution in [3.05, 3.63) is 106 Å². The van der Waals surface area contributed by atoms with Gasteiger partial charge in [-0.1, -0.05) is 36.4 Å². The SMILES string of the molecule is COc1ccc(C(=O)N(Cc2cc(=O)[nH]c3ccccc23)c2ccccc2)cc1. The third kappa shape index (κ3) is 3.89. The first-order valence-corrected chi connectivity index (χ1v) is 9.27. The van der Waals surface area contributed by atoms with Gasteiger partial charge >= 0.3 is 0 Å². The van der Waals surface area contributed by atoms with Gasteiger partial charge in [0.15, 0.2) is 0 Å². The van der Waals surface area contributed by atoms with Crippen LogP contribution in [0.5, 0.6) is 5.75 Å². The summed E-state index contributed by atoms with van der Waals surface area (Å²) in [7, 11) is 1.59. The lowest BCUT2D eigenvalue weighted by atomic mass is 10.1. The predicted octanol–water partition coefficient (Wildman–Crippen LogP) is 4.38. The number of H-pyrrole nitrogens is 1. The fourth-order valence-electron chi connectivity index (χ4n) is 3.36. The third-order valence-electron chi connectivity index (χ3n) is 4.81. The Hall–Kier alpha value is -3.86. The normalized spacial score (nSPS) is 10.7. The molecule has 0 fully saturated rings. The van der Waals surface area contributed by atoms with E-state index in [1.807, 2.05) is 54.6 Å². The highest BCUT2D eigenvalue weighted by atomic mass is 16.5. The maximum absolute atomic E-state index is 13.4. The zero-order valence-electron chi connectivity index (χ0n) is 16.0. The number of pyridine rings is 1. The minimum Gasteiger partial charge on any atom is -0.497 e. The molecule has 4 rings (SSSR count). The standard InChI is InChI=1S/C24H20N2O3/c1-29-20-13-11-17(12-14-20)24(28)26(19-7-3-2-4-8-19)16-18-15-23(27)25-22-10-6-5-9-21(18)22/h2-15H,16H2,1H3,(H,25,27). The topological polar surface area (TPSA) is 62.4 Å². The van der Waals surface area contributed by atoms with Gasteiger partial charge in [-0.2, -0.15) is 0 Å². The van der Waals surface area contributed by atoms with Crippen LogP contribution in [0, 0.1) is 0 Å². The quantitative estimate of drug-likeness (QED) is 0.555. The Morgan fingerprint density at radius 2 is 1.62 bits per heavy atom. The summed E-state index contributed by atoms with van der Waals surface area (Å²) < 4.78 is 5.19. The van der Waals surface area contributed by atoms with Crippen molar-refractivity contribution in [3.63, 3.8) is 0 Å². The number of rotatable bonds is 5. The molecule has 5 nitrogen and oxygen atoms in total. The van der Waals surface area contributed by atoms with E-state index in [0.29, 0.717) is 11.3 Å². The van der Waals surface area contributed by atoms with Crippen molar-refractivity contribution < 1.29 is 9.53 Å². The van der Waals surface area contributed by atoms with E-state index in [0.717, 1.165) is 22.2 Å². The molecule has 0 saturated carbocycles. The molecule has 0 saturated heterocycles. The van der Waals surface area contributed by atoms with Gasteiger partial charge in [0.2, 0.25) is 5.56 Å². The van der Waals surface area contributed by atoms with Crippen LogP contribution in [0.3, 0.4) is 0 Å². The van der Waals surface area contributed by atoms with Crippen LogP contribution >= 0.6 is 0 Å². The van der Waals surface area contributed by atoms with Crippen LogP contribution in [0.1, 0.15) is 15.9 Å². The van der Waals surface area contributed by atoms with Crippen LogP contribution in [0.2, 0.25) is 0 Å². The van der Waals surface area contributed by atoms with Gasteiger partial charge < -0.3 is 14.6 Å². The van der Waals surface area contributed by atoms with Crippen LogP contribution in [0.4, 0.5) is 5.69 Å². The maximum atomic E-state index is 13.4. The molecule has 0 aliphatic heterocycles. The number of aromatic amines is 1. The van der Waals surface area contributed by atoms with Crippen molar-refractivity contribution in [2.75, 3.05) is 12.0 Å². The van der Waals surface area contributed by atoms with E-state index in [2.05, 4.69) is 4.98 Å². The number of hydrogen-bond donors (Lipinski definition) is 1. The highest BCUT2D eigenvalue weighted by molar-refractivity contribution is 6.06. The van der Waals surface area contributed by atoms with Gasteiger partial charge in [0.25, 0.3) is 5.91 Å². The number of carbonyl (C=O) groups is 1. The molecule has 144 valence electrons. The molecule has 0 aliphatic carbocycles. The Morgan fingerprint density at radius 3 is 2.34 bits per heavy atom. The average Bonchev–Trinajstić information content (AvgIpc) is 2.77. The minimum absolute atomic E-state index is 0.150. The Bertz CT molecular complexity index is 1200. The molecule has 1 amide bonds. The number of nitrogens with zero attached hydrogens (tertiary/aromatic N) is 1. The molecular formula is C24H20N2O3. The van der Waals surface area contributed by atoms with Crippen LogP contribution in [-0.2, 0) is 6.54 Å². The molecule has 1 aromatic heterocycles. The lowest BCUT2D eigenvalue weighted by molar-refractivity contribution is 0.0985. The summed E-state index contributed by atoms with van der Waals surface area (Å²) in [6.07, 6.45) is 0. The zero-order valence-corrected chi connectivity index (χ0v) is 16.0. The molecule has 0 radical (unpaired) electrons. The molecule has 4 aromatic rings. The van der Waals surface area contributed by atoms with E-state index >= 15 is 0 Å². The molecule has 0 aliphatic rings. The molecular weight excluding hydrogens is 364 g/mol. The average molecular weight is 384 g/mol. The second kappa shape index (κ2) is 8.02.